The predicted octanol–water partition coefficient (Wildman–Crippen LogP) is 3.47. The maximum atomic E-state index is 14.2. The van der Waals surface area contributed by atoms with Gasteiger partial charge >= 0.3 is 0 Å². The quantitative estimate of drug-likeness (QED) is 0.845. The molecule has 0 amide bonds. The van der Waals surface area contributed by atoms with E-state index in [9.17, 15) is 4.39 Å². The van der Waals surface area contributed by atoms with Crippen LogP contribution in [0.2, 0.25) is 0 Å². The van der Waals surface area contributed by atoms with E-state index in [4.69, 9.17) is 0 Å². The van der Waals surface area contributed by atoms with Gasteiger partial charge in [0.1, 0.15) is 18.0 Å². The zero-order valence-electron chi connectivity index (χ0n) is 13.8. The Balaban J connectivity index is 1.63. The highest BCUT2D eigenvalue weighted by Gasteiger charge is 2.13. The molecule has 0 spiro atoms. The fourth-order valence-corrected chi connectivity index (χ4v) is 3.34. The summed E-state index contributed by atoms with van der Waals surface area (Å²) in [7, 11) is 1.98. The minimum Gasteiger partial charge on any atom is -0.359 e. The summed E-state index contributed by atoms with van der Waals surface area (Å²) in [6.45, 7) is 4.41. The lowest BCUT2D eigenvalue weighted by Gasteiger charge is -2.23. The van der Waals surface area contributed by atoms with Crippen molar-refractivity contribution in [1.82, 2.24) is 14.9 Å². The van der Waals surface area contributed by atoms with Crippen LogP contribution in [-0.2, 0) is 0 Å². The van der Waals surface area contributed by atoms with Gasteiger partial charge in [0.25, 0.3) is 0 Å². The molecule has 0 atom stereocenters. The van der Waals surface area contributed by atoms with Gasteiger partial charge in [0.2, 0.25) is 0 Å². The second kappa shape index (κ2) is 7.68. The highest BCUT2D eigenvalue weighted by molar-refractivity contribution is 5.89. The molecule has 3 rings (SSSR count). The van der Waals surface area contributed by atoms with E-state index < -0.39 is 0 Å². The average Bonchev–Trinajstić information content (AvgIpc) is 2.83. The topological polar surface area (TPSA) is 32.3 Å². The van der Waals surface area contributed by atoms with E-state index in [1.807, 2.05) is 18.0 Å². The summed E-state index contributed by atoms with van der Waals surface area (Å²) < 4.78 is 14.2. The summed E-state index contributed by atoms with van der Waals surface area (Å²) in [6.07, 6.45) is 7.94. The molecule has 2 aromatic rings. The minimum absolute atomic E-state index is 0.252. The molecule has 0 N–H and O–H groups in total. The zero-order valence-corrected chi connectivity index (χ0v) is 13.8. The third-order valence-corrected chi connectivity index (χ3v) is 4.62. The molecule has 1 aliphatic heterocycles. The largest absolute Gasteiger partial charge is 0.359 e. The summed E-state index contributed by atoms with van der Waals surface area (Å²) in [5.41, 5.74) is 0.661. The first-order valence-electron chi connectivity index (χ1n) is 8.58. The Bertz CT molecular complexity index is 633. The molecule has 5 heteroatoms. The first kappa shape index (κ1) is 16.1. The number of rotatable bonds is 5. The van der Waals surface area contributed by atoms with Crippen molar-refractivity contribution in [2.24, 2.45) is 0 Å². The van der Waals surface area contributed by atoms with Crippen molar-refractivity contribution in [3.8, 4) is 0 Å². The van der Waals surface area contributed by atoms with Gasteiger partial charge in [-0.15, -0.1) is 0 Å². The lowest BCUT2D eigenvalue weighted by molar-refractivity contribution is 0.283. The van der Waals surface area contributed by atoms with E-state index in [0.29, 0.717) is 16.7 Å². The number of hydrogen-bond acceptors (Lipinski definition) is 4. The van der Waals surface area contributed by atoms with Gasteiger partial charge in [0.05, 0.1) is 10.9 Å². The third kappa shape index (κ3) is 3.96. The van der Waals surface area contributed by atoms with E-state index in [1.165, 1.54) is 51.2 Å². The second-order valence-electron chi connectivity index (χ2n) is 6.36. The Morgan fingerprint density at radius 3 is 2.70 bits per heavy atom. The van der Waals surface area contributed by atoms with Crippen LogP contribution in [0.4, 0.5) is 10.2 Å². The van der Waals surface area contributed by atoms with E-state index in [2.05, 4.69) is 14.9 Å². The molecule has 0 aliphatic carbocycles. The average molecular weight is 316 g/mol. The molecule has 124 valence electrons. The van der Waals surface area contributed by atoms with Crippen molar-refractivity contribution < 1.29 is 4.39 Å². The zero-order chi connectivity index (χ0) is 16.1. The molecule has 1 aromatic carbocycles. The molecule has 0 unspecified atom stereocenters. The van der Waals surface area contributed by atoms with E-state index in [1.54, 1.807) is 6.07 Å². The van der Waals surface area contributed by atoms with Gasteiger partial charge in [-0.25, -0.2) is 14.4 Å². The Kier molecular flexibility index (Phi) is 5.39. The number of halogens is 1. The molecule has 23 heavy (non-hydrogen) atoms. The van der Waals surface area contributed by atoms with Crippen molar-refractivity contribution in [2.75, 3.05) is 38.1 Å². The Hall–Kier alpha value is -1.75. The van der Waals surface area contributed by atoms with Crippen LogP contribution in [0, 0.1) is 5.82 Å². The standard InChI is InChI=1S/C18H25FN4/c1-22(10-7-13-23-11-4-2-3-5-12-23)18-17-15(19)8-6-9-16(17)20-14-21-18/h6,8-9,14H,2-5,7,10-13H2,1H3. The van der Waals surface area contributed by atoms with Crippen LogP contribution in [-0.4, -0.2) is 48.1 Å². The minimum atomic E-state index is -0.252. The number of anilines is 1. The summed E-state index contributed by atoms with van der Waals surface area (Å²) >= 11 is 0. The first-order chi connectivity index (χ1) is 11.3. The van der Waals surface area contributed by atoms with Gasteiger partial charge in [-0.3, -0.25) is 0 Å². The summed E-state index contributed by atoms with van der Waals surface area (Å²) in [5, 5.41) is 0.521. The molecule has 4 nitrogen and oxygen atoms in total. The number of benzene rings is 1. The molecule has 0 radical (unpaired) electrons. The number of aromatic nitrogens is 2. The van der Waals surface area contributed by atoms with Crippen molar-refractivity contribution in [3.05, 3.63) is 30.3 Å². The lowest BCUT2D eigenvalue weighted by Crippen LogP contribution is -2.29. The Labute approximate surface area is 137 Å². The Morgan fingerprint density at radius 2 is 1.91 bits per heavy atom. The third-order valence-electron chi connectivity index (χ3n) is 4.62. The van der Waals surface area contributed by atoms with E-state index in [0.717, 1.165) is 19.5 Å². The molecule has 1 aromatic heterocycles. The van der Waals surface area contributed by atoms with Crippen LogP contribution >= 0.6 is 0 Å². The summed E-state index contributed by atoms with van der Waals surface area (Å²) in [4.78, 5) is 13.1. The smallest absolute Gasteiger partial charge is 0.142 e. The fraction of sp³-hybridized carbons (Fsp3) is 0.556. The maximum absolute atomic E-state index is 14.2. The number of likely N-dealkylation sites (tertiary alicyclic amines) is 1. The van der Waals surface area contributed by atoms with Crippen LogP contribution < -0.4 is 4.90 Å². The SMILES string of the molecule is CN(CCCN1CCCCCC1)c1ncnc2cccc(F)c12. The van der Waals surface area contributed by atoms with Crippen LogP contribution in [0.3, 0.4) is 0 Å². The van der Waals surface area contributed by atoms with Crippen molar-refractivity contribution >= 4 is 16.7 Å². The van der Waals surface area contributed by atoms with E-state index >= 15 is 0 Å². The maximum Gasteiger partial charge on any atom is 0.142 e. The molecule has 1 saturated heterocycles. The molecule has 0 bridgehead atoms. The normalized spacial score (nSPS) is 16.4. The Morgan fingerprint density at radius 1 is 1.13 bits per heavy atom. The van der Waals surface area contributed by atoms with Crippen LogP contribution in [0.5, 0.6) is 0 Å². The van der Waals surface area contributed by atoms with Crippen LogP contribution in [0.25, 0.3) is 10.9 Å². The lowest BCUT2D eigenvalue weighted by atomic mass is 10.2. The number of hydrogen-bond donors (Lipinski definition) is 0. The number of fused-ring (bicyclic) bond motifs is 1. The van der Waals surface area contributed by atoms with E-state index in [-0.39, 0.29) is 5.82 Å². The summed E-state index contributed by atoms with van der Waals surface area (Å²) in [6, 6.07) is 4.99. The first-order valence-corrected chi connectivity index (χ1v) is 8.58. The molecular weight excluding hydrogens is 291 g/mol. The van der Waals surface area contributed by atoms with Crippen molar-refractivity contribution in [1.29, 1.82) is 0 Å². The van der Waals surface area contributed by atoms with Crippen LogP contribution in [0.1, 0.15) is 32.1 Å². The second-order valence-corrected chi connectivity index (χ2v) is 6.36. The van der Waals surface area contributed by atoms with Gasteiger partial charge in [0.15, 0.2) is 0 Å². The molecule has 1 aliphatic rings. The van der Waals surface area contributed by atoms with Gasteiger partial charge in [0, 0.05) is 13.6 Å². The van der Waals surface area contributed by atoms with Gasteiger partial charge in [-0.2, -0.15) is 0 Å². The van der Waals surface area contributed by atoms with Crippen molar-refractivity contribution in [3.63, 3.8) is 0 Å². The monoisotopic (exact) mass is 316 g/mol. The summed E-state index contributed by atoms with van der Waals surface area (Å²) in [5.74, 6) is 0.432. The van der Waals surface area contributed by atoms with Crippen molar-refractivity contribution in [2.45, 2.75) is 32.1 Å². The molecule has 2 heterocycles. The van der Waals surface area contributed by atoms with Gasteiger partial charge in [-0.05, 0) is 51.0 Å². The highest BCUT2D eigenvalue weighted by atomic mass is 19.1. The molecule has 0 saturated carbocycles. The van der Waals surface area contributed by atoms with Gasteiger partial charge in [-0.1, -0.05) is 18.9 Å². The molecule has 1 fully saturated rings. The number of nitrogens with zero attached hydrogens (tertiary/aromatic N) is 4. The molecular formula is C18H25FN4. The predicted molar refractivity (Wildman–Crippen MR) is 92.3 cm³/mol. The highest BCUT2D eigenvalue weighted by Crippen LogP contribution is 2.24. The van der Waals surface area contributed by atoms with Crippen LogP contribution in [0.15, 0.2) is 24.5 Å². The van der Waals surface area contributed by atoms with Gasteiger partial charge < -0.3 is 9.80 Å². The fourth-order valence-electron chi connectivity index (χ4n) is 3.34.